The zero-order chi connectivity index (χ0) is 17.4. The van der Waals surface area contributed by atoms with Crippen molar-refractivity contribution in [2.24, 2.45) is 0 Å². The van der Waals surface area contributed by atoms with E-state index in [1.54, 1.807) is 28.0 Å². The van der Waals surface area contributed by atoms with E-state index in [0.717, 1.165) is 18.7 Å². The van der Waals surface area contributed by atoms with Crippen LogP contribution in [0.25, 0.3) is 11.3 Å². The molecule has 1 amide bonds. The Morgan fingerprint density at radius 3 is 2.72 bits per heavy atom. The molecule has 1 atom stereocenters. The largest absolute Gasteiger partial charge is 0.338 e. The summed E-state index contributed by atoms with van der Waals surface area (Å²) in [6.45, 7) is 3.13. The lowest BCUT2D eigenvalue weighted by atomic mass is 10.1. The van der Waals surface area contributed by atoms with Gasteiger partial charge in [0.05, 0.1) is 6.54 Å². The number of benzene rings is 1. The van der Waals surface area contributed by atoms with Gasteiger partial charge in [0.1, 0.15) is 11.7 Å². The first kappa shape index (κ1) is 15.9. The lowest BCUT2D eigenvalue weighted by molar-refractivity contribution is -0.128. The number of fused-ring (bicyclic) bond motifs is 1. The molecule has 0 aliphatic carbocycles. The van der Waals surface area contributed by atoms with Crippen LogP contribution in [0.4, 0.5) is 5.88 Å². The van der Waals surface area contributed by atoms with Gasteiger partial charge in [0, 0.05) is 42.8 Å². The maximum absolute atomic E-state index is 12.9. The van der Waals surface area contributed by atoms with E-state index < -0.39 is 0 Å². The van der Waals surface area contributed by atoms with Gasteiger partial charge in [0.25, 0.3) is 0 Å². The van der Waals surface area contributed by atoms with E-state index in [-0.39, 0.29) is 11.9 Å². The molecule has 2 saturated heterocycles. The molecule has 0 spiro atoms. The van der Waals surface area contributed by atoms with Crippen molar-refractivity contribution in [1.82, 2.24) is 15.0 Å². The molecule has 8 heteroatoms. The fourth-order valence-electron chi connectivity index (χ4n) is 3.30. The molecule has 0 bridgehead atoms. The van der Waals surface area contributed by atoms with E-state index in [0.29, 0.717) is 36.2 Å². The average molecular weight is 358 g/mol. The third-order valence-electron chi connectivity index (χ3n) is 4.70. The molecule has 0 N–H and O–H groups in total. The summed E-state index contributed by atoms with van der Waals surface area (Å²) in [7, 11) is 0. The molecule has 3 heterocycles. The number of hydrogen-bond acceptors (Lipinski definition) is 6. The van der Waals surface area contributed by atoms with Crippen molar-refractivity contribution in [1.29, 1.82) is 5.26 Å². The first-order valence-corrected chi connectivity index (χ1v) is 8.46. The van der Waals surface area contributed by atoms with Crippen molar-refractivity contribution >= 4 is 23.4 Å². The standard InChI is InChI=1S/C17H16ClN5O2/c18-13-3-1-12(2-4-13)14-9-16(25-20-14)23-8-7-22-6-5-21(11-19)10-15(22)17(23)24/h1-4,9,15H,5-8,10H2/t15-/m1/s1. The predicted molar refractivity (Wildman–Crippen MR) is 91.8 cm³/mol. The quantitative estimate of drug-likeness (QED) is 0.763. The van der Waals surface area contributed by atoms with Gasteiger partial charge in [-0.15, -0.1) is 0 Å². The highest BCUT2D eigenvalue weighted by Crippen LogP contribution is 2.28. The number of nitriles is 1. The molecule has 2 aliphatic rings. The third-order valence-corrected chi connectivity index (χ3v) is 4.95. The highest BCUT2D eigenvalue weighted by atomic mass is 35.5. The number of halogens is 1. The second-order valence-corrected chi connectivity index (χ2v) is 6.58. The number of carbonyl (C=O) groups is 1. The molecule has 2 fully saturated rings. The van der Waals surface area contributed by atoms with E-state index in [1.165, 1.54) is 0 Å². The van der Waals surface area contributed by atoms with Crippen LogP contribution in [0, 0.1) is 11.5 Å². The Bertz CT molecular complexity index is 828. The van der Waals surface area contributed by atoms with Gasteiger partial charge in [-0.05, 0) is 12.1 Å². The van der Waals surface area contributed by atoms with Crippen LogP contribution in [-0.4, -0.2) is 59.6 Å². The van der Waals surface area contributed by atoms with Crippen molar-refractivity contribution in [3.63, 3.8) is 0 Å². The monoisotopic (exact) mass is 357 g/mol. The Labute approximate surface area is 149 Å². The molecule has 2 aromatic rings. The van der Waals surface area contributed by atoms with E-state index >= 15 is 0 Å². The molecule has 0 radical (unpaired) electrons. The minimum atomic E-state index is -0.314. The number of carbonyl (C=O) groups excluding carboxylic acids is 1. The summed E-state index contributed by atoms with van der Waals surface area (Å²) in [5.74, 6) is 0.383. The fourth-order valence-corrected chi connectivity index (χ4v) is 3.43. The van der Waals surface area contributed by atoms with Gasteiger partial charge in [-0.3, -0.25) is 14.6 Å². The fraction of sp³-hybridized carbons (Fsp3) is 0.353. The maximum atomic E-state index is 12.9. The lowest BCUT2D eigenvalue weighted by Crippen LogP contribution is -2.64. The van der Waals surface area contributed by atoms with Gasteiger partial charge in [-0.1, -0.05) is 28.9 Å². The van der Waals surface area contributed by atoms with Gasteiger partial charge in [-0.2, -0.15) is 5.26 Å². The Balaban J connectivity index is 1.55. The van der Waals surface area contributed by atoms with E-state index in [9.17, 15) is 4.79 Å². The predicted octanol–water partition coefficient (Wildman–Crippen LogP) is 1.81. The molecule has 0 saturated carbocycles. The summed E-state index contributed by atoms with van der Waals surface area (Å²) in [6.07, 6.45) is 2.13. The zero-order valence-corrected chi connectivity index (χ0v) is 14.2. The summed E-state index contributed by atoms with van der Waals surface area (Å²) >= 11 is 5.91. The van der Waals surface area contributed by atoms with Crippen molar-refractivity contribution in [2.75, 3.05) is 37.6 Å². The highest BCUT2D eigenvalue weighted by Gasteiger charge is 2.40. The second kappa shape index (κ2) is 6.39. The second-order valence-electron chi connectivity index (χ2n) is 6.14. The molecule has 25 heavy (non-hydrogen) atoms. The van der Waals surface area contributed by atoms with Gasteiger partial charge in [0.2, 0.25) is 11.8 Å². The summed E-state index contributed by atoms with van der Waals surface area (Å²) in [6, 6.07) is 8.74. The van der Waals surface area contributed by atoms with Crippen LogP contribution in [0.3, 0.4) is 0 Å². The SMILES string of the molecule is N#CN1CCN2CCN(c3cc(-c4ccc(Cl)cc4)no3)C(=O)[C@H]2C1. The van der Waals surface area contributed by atoms with Crippen LogP contribution in [0.1, 0.15) is 0 Å². The molecule has 1 aromatic carbocycles. The minimum absolute atomic E-state index is 0.0509. The topological polar surface area (TPSA) is 76.6 Å². The van der Waals surface area contributed by atoms with Crippen molar-refractivity contribution in [3.05, 3.63) is 35.4 Å². The number of aromatic nitrogens is 1. The van der Waals surface area contributed by atoms with Crippen LogP contribution in [0.5, 0.6) is 0 Å². The molecule has 4 rings (SSSR count). The number of rotatable bonds is 2. The molecule has 128 valence electrons. The number of piperazine rings is 2. The Morgan fingerprint density at radius 1 is 1.20 bits per heavy atom. The summed E-state index contributed by atoms with van der Waals surface area (Å²) in [4.78, 5) is 18.2. The van der Waals surface area contributed by atoms with Gasteiger partial charge in [0.15, 0.2) is 6.19 Å². The summed E-state index contributed by atoms with van der Waals surface area (Å²) in [5, 5.41) is 13.8. The Hall–Kier alpha value is -2.56. The normalized spacial score (nSPS) is 21.1. The highest BCUT2D eigenvalue weighted by molar-refractivity contribution is 6.30. The van der Waals surface area contributed by atoms with Crippen LogP contribution in [0.15, 0.2) is 34.9 Å². The van der Waals surface area contributed by atoms with Gasteiger partial charge in [-0.25, -0.2) is 0 Å². The van der Waals surface area contributed by atoms with Crippen LogP contribution in [0.2, 0.25) is 5.02 Å². The molecular weight excluding hydrogens is 342 g/mol. The summed E-state index contributed by atoms with van der Waals surface area (Å²) < 4.78 is 5.42. The molecule has 2 aliphatic heterocycles. The van der Waals surface area contributed by atoms with Crippen molar-refractivity contribution in [3.8, 4) is 17.5 Å². The molecule has 7 nitrogen and oxygen atoms in total. The lowest BCUT2D eigenvalue weighted by Gasteiger charge is -2.44. The first-order valence-electron chi connectivity index (χ1n) is 8.08. The Kier molecular flexibility index (Phi) is 4.07. The number of nitrogens with zero attached hydrogens (tertiary/aromatic N) is 5. The number of hydrogen-bond donors (Lipinski definition) is 0. The average Bonchev–Trinajstić information content (AvgIpc) is 3.12. The summed E-state index contributed by atoms with van der Waals surface area (Å²) in [5.41, 5.74) is 1.53. The maximum Gasteiger partial charge on any atom is 0.248 e. The van der Waals surface area contributed by atoms with Gasteiger partial charge >= 0.3 is 0 Å². The van der Waals surface area contributed by atoms with E-state index in [1.807, 2.05) is 12.1 Å². The van der Waals surface area contributed by atoms with Crippen LogP contribution < -0.4 is 4.90 Å². The smallest absolute Gasteiger partial charge is 0.248 e. The van der Waals surface area contributed by atoms with Crippen LogP contribution >= 0.6 is 11.6 Å². The third kappa shape index (κ3) is 2.95. The molecule has 0 unspecified atom stereocenters. The minimum Gasteiger partial charge on any atom is -0.338 e. The molecule has 1 aromatic heterocycles. The van der Waals surface area contributed by atoms with Crippen LogP contribution in [-0.2, 0) is 4.79 Å². The Morgan fingerprint density at radius 2 is 1.96 bits per heavy atom. The number of anilines is 1. The first-order chi connectivity index (χ1) is 12.2. The van der Waals surface area contributed by atoms with Crippen molar-refractivity contribution in [2.45, 2.75) is 6.04 Å². The zero-order valence-electron chi connectivity index (χ0n) is 13.4. The van der Waals surface area contributed by atoms with E-state index in [4.69, 9.17) is 21.4 Å². The van der Waals surface area contributed by atoms with E-state index in [2.05, 4.69) is 16.2 Å². The van der Waals surface area contributed by atoms with Crippen molar-refractivity contribution < 1.29 is 9.32 Å². The molecular formula is C17H16ClN5O2. The number of amides is 1. The van der Waals surface area contributed by atoms with Gasteiger partial charge < -0.3 is 9.42 Å².